The van der Waals surface area contributed by atoms with Crippen LogP contribution in [0.4, 0.5) is 0 Å². The molecule has 0 radical (unpaired) electrons. The lowest BCUT2D eigenvalue weighted by Gasteiger charge is -2.12. The maximum atomic E-state index is 10.7. The average molecular weight is 224 g/mol. The fourth-order valence-corrected chi connectivity index (χ4v) is 2.38. The van der Waals surface area contributed by atoms with Gasteiger partial charge in [0.2, 0.25) is 0 Å². The van der Waals surface area contributed by atoms with Crippen LogP contribution in [-0.4, -0.2) is 11.6 Å². The van der Waals surface area contributed by atoms with Crippen LogP contribution in [-0.2, 0) is 9.59 Å². The quantitative estimate of drug-likeness (QED) is 0.630. The fraction of sp³-hybridized carbons (Fsp3) is 0.857. The molecule has 0 aliphatic heterocycles. The Morgan fingerprint density at radius 2 is 1.06 bits per heavy atom. The van der Waals surface area contributed by atoms with Crippen LogP contribution in [0.15, 0.2) is 0 Å². The second kappa shape index (κ2) is 4.68. The van der Waals surface area contributed by atoms with Crippen LogP contribution in [0.2, 0.25) is 0 Å². The van der Waals surface area contributed by atoms with E-state index in [0.717, 1.165) is 38.5 Å². The van der Waals surface area contributed by atoms with E-state index in [-0.39, 0.29) is 0 Å². The van der Waals surface area contributed by atoms with E-state index in [4.69, 9.17) is 0 Å². The summed E-state index contributed by atoms with van der Waals surface area (Å²) >= 11 is 0. The molecule has 92 valence electrons. The van der Waals surface area contributed by atoms with E-state index in [9.17, 15) is 9.59 Å². The van der Waals surface area contributed by atoms with Crippen LogP contribution in [0.3, 0.4) is 0 Å². The summed E-state index contributed by atoms with van der Waals surface area (Å²) in [5.74, 6) is 0.880. The molecule has 2 saturated carbocycles. The van der Waals surface area contributed by atoms with E-state index in [0.29, 0.717) is 22.4 Å². The van der Waals surface area contributed by atoms with Crippen molar-refractivity contribution in [1.29, 1.82) is 0 Å². The monoisotopic (exact) mass is 224 g/mol. The highest BCUT2D eigenvalue weighted by Gasteiger charge is 2.29. The van der Waals surface area contributed by atoms with Crippen molar-refractivity contribution in [2.75, 3.05) is 0 Å². The van der Waals surface area contributed by atoms with Crippen molar-refractivity contribution in [2.24, 2.45) is 10.8 Å². The summed E-state index contributed by atoms with van der Waals surface area (Å²) in [5.41, 5.74) is 0.633. The van der Waals surface area contributed by atoms with Crippen molar-refractivity contribution >= 4 is 11.6 Å². The maximum absolute atomic E-state index is 10.7. The molecule has 16 heavy (non-hydrogen) atoms. The highest BCUT2D eigenvalue weighted by molar-refractivity contribution is 5.81. The van der Waals surface area contributed by atoms with Crippen LogP contribution in [0.1, 0.15) is 66.2 Å². The Balaban J connectivity index is 0.000000160. The molecule has 0 aromatic carbocycles. The lowest BCUT2D eigenvalue weighted by Crippen LogP contribution is -2.04. The minimum atomic E-state index is 0.317. The van der Waals surface area contributed by atoms with Gasteiger partial charge < -0.3 is 0 Å². The van der Waals surface area contributed by atoms with Gasteiger partial charge in [-0.15, -0.1) is 0 Å². The molecule has 0 aromatic heterocycles. The van der Waals surface area contributed by atoms with E-state index in [1.54, 1.807) is 0 Å². The molecular weight excluding hydrogens is 200 g/mol. The molecule has 0 atom stereocenters. The molecule has 0 heterocycles. The molecule has 0 bridgehead atoms. The number of carbonyl (C=O) groups is 2. The molecule has 0 aromatic rings. The number of hydrogen-bond acceptors (Lipinski definition) is 2. The highest BCUT2D eigenvalue weighted by atomic mass is 16.1. The van der Waals surface area contributed by atoms with Crippen LogP contribution in [0, 0.1) is 10.8 Å². The predicted octanol–water partition coefficient (Wildman–Crippen LogP) is 3.53. The summed E-state index contributed by atoms with van der Waals surface area (Å²) in [6, 6.07) is 0. The molecule has 0 amide bonds. The van der Waals surface area contributed by atoms with Crippen molar-refractivity contribution in [1.82, 2.24) is 0 Å². The summed E-state index contributed by atoms with van der Waals surface area (Å²) in [7, 11) is 0. The van der Waals surface area contributed by atoms with Gasteiger partial charge in [0.25, 0.3) is 0 Å². The van der Waals surface area contributed by atoms with Crippen LogP contribution >= 0.6 is 0 Å². The zero-order valence-electron chi connectivity index (χ0n) is 11.1. The summed E-state index contributed by atoms with van der Waals surface area (Å²) in [6.45, 7) is 8.60. The molecule has 2 aliphatic carbocycles. The van der Waals surface area contributed by atoms with Crippen LogP contribution < -0.4 is 0 Å². The molecule has 2 nitrogen and oxygen atoms in total. The van der Waals surface area contributed by atoms with Crippen LogP contribution in [0.25, 0.3) is 0 Å². The molecule has 2 rings (SSSR count). The molecule has 0 spiro atoms. The van der Waals surface area contributed by atoms with Crippen molar-refractivity contribution in [3.63, 3.8) is 0 Å². The largest absolute Gasteiger partial charge is 0.300 e. The second-order valence-corrected chi connectivity index (χ2v) is 6.76. The van der Waals surface area contributed by atoms with E-state index >= 15 is 0 Å². The Bertz CT molecular complexity index is 257. The lowest BCUT2D eigenvalue weighted by molar-refractivity contribution is -0.118. The van der Waals surface area contributed by atoms with Crippen molar-refractivity contribution in [3.8, 4) is 0 Å². The molecule has 2 fully saturated rings. The van der Waals surface area contributed by atoms with Gasteiger partial charge in [0.05, 0.1) is 0 Å². The zero-order chi connectivity index (χ0) is 12.4. The summed E-state index contributed by atoms with van der Waals surface area (Å²) in [5, 5.41) is 0. The van der Waals surface area contributed by atoms with Crippen LogP contribution in [0.5, 0.6) is 0 Å². The molecule has 0 N–H and O–H groups in total. The first-order valence-electron chi connectivity index (χ1n) is 6.24. The lowest BCUT2D eigenvalue weighted by atomic mass is 9.92. The van der Waals surface area contributed by atoms with E-state index < -0.39 is 0 Å². The van der Waals surface area contributed by atoms with E-state index in [2.05, 4.69) is 27.7 Å². The van der Waals surface area contributed by atoms with Crippen molar-refractivity contribution in [3.05, 3.63) is 0 Å². The predicted molar refractivity (Wildman–Crippen MR) is 65.3 cm³/mol. The Labute approximate surface area is 98.8 Å². The third kappa shape index (κ3) is 4.46. The van der Waals surface area contributed by atoms with Gasteiger partial charge in [0, 0.05) is 25.7 Å². The van der Waals surface area contributed by atoms with Gasteiger partial charge in [0.1, 0.15) is 11.6 Å². The SMILES string of the molecule is CC1(C)CCC(=O)C1.CC1(C)CCC(=O)C1. The van der Waals surface area contributed by atoms with Crippen molar-refractivity contribution < 1.29 is 9.59 Å². The average Bonchev–Trinajstić information content (AvgIpc) is 2.56. The van der Waals surface area contributed by atoms with Gasteiger partial charge in [-0.1, -0.05) is 27.7 Å². The smallest absolute Gasteiger partial charge is 0.133 e. The van der Waals surface area contributed by atoms with Crippen molar-refractivity contribution in [2.45, 2.75) is 66.2 Å². The first-order valence-corrected chi connectivity index (χ1v) is 6.24. The first kappa shape index (κ1) is 13.4. The standard InChI is InChI=1S/2C7H12O/c2*1-7(2)4-3-6(8)5-7/h2*3-5H2,1-2H3. The topological polar surface area (TPSA) is 34.1 Å². The summed E-state index contributed by atoms with van der Waals surface area (Å²) < 4.78 is 0. The van der Waals surface area contributed by atoms with Gasteiger partial charge in [-0.05, 0) is 23.7 Å². The third-order valence-electron chi connectivity index (χ3n) is 3.51. The molecule has 2 heteroatoms. The fourth-order valence-electron chi connectivity index (χ4n) is 2.38. The van der Waals surface area contributed by atoms with Gasteiger partial charge in [-0.25, -0.2) is 0 Å². The molecule has 0 saturated heterocycles. The zero-order valence-corrected chi connectivity index (χ0v) is 11.1. The Morgan fingerprint density at radius 1 is 0.750 bits per heavy atom. The van der Waals surface area contributed by atoms with Gasteiger partial charge in [-0.3, -0.25) is 9.59 Å². The summed E-state index contributed by atoms with van der Waals surface area (Å²) in [6.07, 6.45) is 5.40. The maximum Gasteiger partial charge on any atom is 0.133 e. The number of hydrogen-bond donors (Lipinski definition) is 0. The number of ketones is 2. The molecule has 0 unspecified atom stereocenters. The summed E-state index contributed by atoms with van der Waals surface area (Å²) in [4.78, 5) is 21.3. The number of rotatable bonds is 0. The third-order valence-corrected chi connectivity index (χ3v) is 3.51. The molecule has 2 aliphatic rings. The minimum Gasteiger partial charge on any atom is -0.300 e. The highest BCUT2D eigenvalue weighted by Crippen LogP contribution is 2.34. The number of Topliss-reactive ketones (excluding diaryl/α,β-unsaturated/α-hetero) is 2. The normalized spacial score (nSPS) is 26.5. The number of carbonyl (C=O) groups excluding carboxylic acids is 2. The van der Waals surface area contributed by atoms with Gasteiger partial charge in [0.15, 0.2) is 0 Å². The first-order chi connectivity index (χ1) is 7.20. The molecular formula is C14H24O2. The van der Waals surface area contributed by atoms with Gasteiger partial charge in [-0.2, -0.15) is 0 Å². The Morgan fingerprint density at radius 3 is 1.12 bits per heavy atom. The van der Waals surface area contributed by atoms with E-state index in [1.165, 1.54) is 0 Å². The second-order valence-electron chi connectivity index (χ2n) is 6.76. The Kier molecular flexibility index (Phi) is 3.92. The van der Waals surface area contributed by atoms with Gasteiger partial charge >= 0.3 is 0 Å². The minimum absolute atomic E-state index is 0.317. The Hall–Kier alpha value is -0.660. The van der Waals surface area contributed by atoms with E-state index in [1.807, 2.05) is 0 Å².